The van der Waals surface area contributed by atoms with Crippen LogP contribution >= 0.6 is 50.7 Å². The van der Waals surface area contributed by atoms with Crippen LogP contribution in [0.3, 0.4) is 0 Å². The second kappa shape index (κ2) is 9.01. The first-order chi connectivity index (χ1) is 12.5. The summed E-state index contributed by atoms with van der Waals surface area (Å²) in [5.41, 5.74) is 2.93. The predicted molar refractivity (Wildman–Crippen MR) is 114 cm³/mol. The zero-order valence-corrected chi connectivity index (χ0v) is 17.5. The molecule has 1 N–H and O–H groups in total. The smallest absolute Gasteiger partial charge is 0.124 e. The van der Waals surface area contributed by atoms with Gasteiger partial charge >= 0.3 is 0 Å². The quantitative estimate of drug-likeness (QED) is 0.400. The number of hydrogen-bond acceptors (Lipinski definition) is 2. The summed E-state index contributed by atoms with van der Waals surface area (Å²) in [6, 6.07) is 19.0. The number of halogens is 4. The zero-order chi connectivity index (χ0) is 18.5. The molecule has 0 heterocycles. The molecule has 3 rings (SSSR count). The van der Waals surface area contributed by atoms with Crippen LogP contribution < -0.4 is 10.1 Å². The molecule has 3 aromatic carbocycles. The second-order valence-corrected chi connectivity index (χ2v) is 7.82. The van der Waals surface area contributed by atoms with Crippen molar-refractivity contribution in [2.24, 2.45) is 0 Å². The summed E-state index contributed by atoms with van der Waals surface area (Å²) in [4.78, 5) is 0. The van der Waals surface area contributed by atoms with Gasteiger partial charge < -0.3 is 10.1 Å². The maximum Gasteiger partial charge on any atom is 0.124 e. The van der Waals surface area contributed by atoms with Gasteiger partial charge in [0, 0.05) is 27.3 Å². The van der Waals surface area contributed by atoms with Crippen molar-refractivity contribution in [2.45, 2.75) is 13.2 Å². The van der Waals surface area contributed by atoms with Crippen LogP contribution in [-0.4, -0.2) is 0 Å². The molecule has 0 unspecified atom stereocenters. The first-order valence-electron chi connectivity index (χ1n) is 7.86. The standard InChI is InChI=1S/C20H15BrCl3NO/c21-15-4-7-20(26-12-13-2-1-3-16(22)8-13)14(9-15)11-25-17-5-6-18(23)19(24)10-17/h1-10,25H,11-12H2. The summed E-state index contributed by atoms with van der Waals surface area (Å²) in [6.45, 7) is 1.03. The van der Waals surface area contributed by atoms with Crippen LogP contribution in [0.5, 0.6) is 5.75 Å². The minimum atomic E-state index is 0.446. The Hall–Kier alpha value is -1.39. The number of anilines is 1. The molecule has 0 fully saturated rings. The lowest BCUT2D eigenvalue weighted by molar-refractivity contribution is 0.303. The highest BCUT2D eigenvalue weighted by Crippen LogP contribution is 2.28. The van der Waals surface area contributed by atoms with Gasteiger partial charge in [0.05, 0.1) is 10.0 Å². The van der Waals surface area contributed by atoms with Gasteiger partial charge in [0.2, 0.25) is 0 Å². The van der Waals surface area contributed by atoms with Crippen LogP contribution in [-0.2, 0) is 13.2 Å². The number of rotatable bonds is 6. The molecule has 0 aliphatic rings. The average molecular weight is 472 g/mol. The van der Waals surface area contributed by atoms with E-state index < -0.39 is 0 Å². The SMILES string of the molecule is Clc1cccc(COc2ccc(Br)cc2CNc2ccc(Cl)c(Cl)c2)c1. The van der Waals surface area contributed by atoms with E-state index in [0.29, 0.717) is 28.2 Å². The molecule has 0 saturated carbocycles. The molecule has 0 spiro atoms. The van der Waals surface area contributed by atoms with Crippen molar-refractivity contribution >= 4 is 56.4 Å². The van der Waals surface area contributed by atoms with Crippen molar-refractivity contribution in [2.75, 3.05) is 5.32 Å². The Kier molecular flexibility index (Phi) is 6.71. The first kappa shape index (κ1) is 19.4. The van der Waals surface area contributed by atoms with Crippen molar-refractivity contribution in [1.82, 2.24) is 0 Å². The van der Waals surface area contributed by atoms with E-state index in [1.54, 1.807) is 12.1 Å². The summed E-state index contributed by atoms with van der Waals surface area (Å²) in [7, 11) is 0. The fourth-order valence-corrected chi connectivity index (χ4v) is 3.34. The first-order valence-corrected chi connectivity index (χ1v) is 9.78. The van der Waals surface area contributed by atoms with Gasteiger partial charge in [-0.15, -0.1) is 0 Å². The predicted octanol–water partition coefficient (Wildman–Crippen LogP) is 7.60. The summed E-state index contributed by atoms with van der Waals surface area (Å²) in [6.07, 6.45) is 0. The maximum absolute atomic E-state index is 6.07. The van der Waals surface area contributed by atoms with Gasteiger partial charge in [-0.1, -0.05) is 62.9 Å². The summed E-state index contributed by atoms with van der Waals surface area (Å²) >= 11 is 21.6. The lowest BCUT2D eigenvalue weighted by atomic mass is 10.2. The number of hydrogen-bond donors (Lipinski definition) is 1. The largest absolute Gasteiger partial charge is 0.489 e. The molecule has 0 atom stereocenters. The van der Waals surface area contributed by atoms with Crippen LogP contribution in [0.25, 0.3) is 0 Å². The van der Waals surface area contributed by atoms with Gasteiger partial charge in [-0.05, 0) is 54.1 Å². The van der Waals surface area contributed by atoms with Crippen LogP contribution in [0.15, 0.2) is 65.1 Å². The van der Waals surface area contributed by atoms with Crippen LogP contribution in [0.1, 0.15) is 11.1 Å². The van der Waals surface area contributed by atoms with E-state index in [2.05, 4.69) is 21.2 Å². The second-order valence-electron chi connectivity index (χ2n) is 5.65. The summed E-state index contributed by atoms with van der Waals surface area (Å²) < 4.78 is 6.98. The van der Waals surface area contributed by atoms with Gasteiger partial charge in [0.15, 0.2) is 0 Å². The number of nitrogens with one attached hydrogen (secondary N) is 1. The fourth-order valence-electron chi connectivity index (χ4n) is 2.42. The van der Waals surface area contributed by atoms with E-state index in [1.807, 2.05) is 48.5 Å². The molecule has 0 bridgehead atoms. The Balaban J connectivity index is 1.71. The van der Waals surface area contributed by atoms with Crippen LogP contribution in [0.4, 0.5) is 5.69 Å². The maximum atomic E-state index is 6.07. The van der Waals surface area contributed by atoms with Gasteiger partial charge in [0.1, 0.15) is 12.4 Å². The Morgan fingerprint density at radius 3 is 2.50 bits per heavy atom. The lowest BCUT2D eigenvalue weighted by Crippen LogP contribution is -2.04. The molecule has 6 heteroatoms. The van der Waals surface area contributed by atoms with E-state index in [9.17, 15) is 0 Å². The molecule has 134 valence electrons. The van der Waals surface area contributed by atoms with Gasteiger partial charge in [0.25, 0.3) is 0 Å². The monoisotopic (exact) mass is 469 g/mol. The van der Waals surface area contributed by atoms with Crippen molar-refractivity contribution in [3.63, 3.8) is 0 Å². The van der Waals surface area contributed by atoms with E-state index in [1.165, 1.54) is 0 Å². The molecule has 0 saturated heterocycles. The third-order valence-corrected chi connectivity index (χ3v) is 5.18. The molecule has 0 amide bonds. The van der Waals surface area contributed by atoms with Crippen molar-refractivity contribution in [1.29, 1.82) is 0 Å². The van der Waals surface area contributed by atoms with Crippen LogP contribution in [0, 0.1) is 0 Å². The highest BCUT2D eigenvalue weighted by molar-refractivity contribution is 9.10. The highest BCUT2D eigenvalue weighted by atomic mass is 79.9. The lowest BCUT2D eigenvalue weighted by Gasteiger charge is -2.14. The normalized spacial score (nSPS) is 10.6. The number of ether oxygens (including phenoxy) is 1. The fraction of sp³-hybridized carbons (Fsp3) is 0.100. The average Bonchev–Trinajstić information content (AvgIpc) is 2.62. The van der Waals surface area contributed by atoms with E-state index in [-0.39, 0.29) is 0 Å². The molecule has 0 aromatic heterocycles. The van der Waals surface area contributed by atoms with Crippen LogP contribution in [0.2, 0.25) is 15.1 Å². The molecule has 26 heavy (non-hydrogen) atoms. The minimum Gasteiger partial charge on any atom is -0.489 e. The van der Waals surface area contributed by atoms with E-state index in [0.717, 1.165) is 27.0 Å². The molecular formula is C20H15BrCl3NO. The Morgan fingerprint density at radius 1 is 0.885 bits per heavy atom. The molecule has 0 radical (unpaired) electrons. The van der Waals surface area contributed by atoms with Gasteiger partial charge in [-0.25, -0.2) is 0 Å². The number of benzene rings is 3. The molecule has 0 aliphatic heterocycles. The highest BCUT2D eigenvalue weighted by Gasteiger charge is 2.07. The Labute approximate surface area is 176 Å². The van der Waals surface area contributed by atoms with Gasteiger partial charge in [-0.3, -0.25) is 0 Å². The molecule has 3 aromatic rings. The summed E-state index contributed by atoms with van der Waals surface area (Å²) in [5, 5.41) is 5.09. The third-order valence-electron chi connectivity index (χ3n) is 3.71. The van der Waals surface area contributed by atoms with Gasteiger partial charge in [-0.2, -0.15) is 0 Å². The molecule has 0 aliphatic carbocycles. The Bertz CT molecular complexity index is 917. The van der Waals surface area contributed by atoms with Crippen molar-refractivity contribution < 1.29 is 4.74 Å². The van der Waals surface area contributed by atoms with E-state index >= 15 is 0 Å². The molecular weight excluding hydrogens is 456 g/mol. The van der Waals surface area contributed by atoms with Crippen molar-refractivity contribution in [3.05, 3.63) is 91.3 Å². The molecule has 2 nitrogen and oxygen atoms in total. The minimum absolute atomic E-state index is 0.446. The third kappa shape index (κ3) is 5.31. The zero-order valence-electron chi connectivity index (χ0n) is 13.6. The van der Waals surface area contributed by atoms with Crippen molar-refractivity contribution in [3.8, 4) is 5.75 Å². The topological polar surface area (TPSA) is 21.3 Å². The summed E-state index contributed by atoms with van der Waals surface area (Å²) in [5.74, 6) is 0.806. The Morgan fingerprint density at radius 2 is 1.73 bits per heavy atom. The van der Waals surface area contributed by atoms with E-state index in [4.69, 9.17) is 39.5 Å².